The molecule has 1 atom stereocenters. The largest absolute Gasteiger partial charge is 0.390 e. The molecule has 0 aliphatic heterocycles. The van der Waals surface area contributed by atoms with Gasteiger partial charge >= 0.3 is 0 Å². The van der Waals surface area contributed by atoms with Gasteiger partial charge < -0.3 is 14.9 Å². The van der Waals surface area contributed by atoms with E-state index in [0.717, 1.165) is 30.0 Å². The van der Waals surface area contributed by atoms with Gasteiger partial charge in [-0.25, -0.2) is 4.39 Å². The lowest BCUT2D eigenvalue weighted by Gasteiger charge is -2.31. The van der Waals surface area contributed by atoms with Crippen LogP contribution in [-0.4, -0.2) is 42.3 Å². The molecule has 0 saturated carbocycles. The number of anilines is 2. The summed E-state index contributed by atoms with van der Waals surface area (Å²) in [6.07, 6.45) is -0.497. The lowest BCUT2D eigenvalue weighted by molar-refractivity contribution is 0.124. The molecule has 0 saturated heterocycles. The predicted octanol–water partition coefficient (Wildman–Crippen LogP) is 4.58. The smallest absolute Gasteiger partial charge is 0.123 e. The molecular formula is C20H26FIN2O. The van der Waals surface area contributed by atoms with Crippen LogP contribution in [0, 0.1) is 16.3 Å². The molecule has 0 aliphatic rings. The standard InChI is InChI=1S/C20H26FIN2O/c1-4-23(5-2)13-19(25)14-24(18-9-6-16(21)7-10-18)20-11-8-17(22)12-15(20)3/h6-12,19,25H,4-5,13-14H2,1-3H3. The third kappa shape index (κ3) is 5.66. The number of hydrogen-bond donors (Lipinski definition) is 1. The molecule has 0 bridgehead atoms. The van der Waals surface area contributed by atoms with Crippen LogP contribution in [0.1, 0.15) is 19.4 Å². The Morgan fingerprint density at radius 3 is 2.24 bits per heavy atom. The Labute approximate surface area is 163 Å². The molecule has 2 aromatic carbocycles. The molecular weight excluding hydrogens is 430 g/mol. The Bertz CT molecular complexity index is 674. The van der Waals surface area contributed by atoms with Crippen LogP contribution < -0.4 is 4.90 Å². The van der Waals surface area contributed by atoms with Gasteiger partial charge in [0.15, 0.2) is 0 Å². The minimum Gasteiger partial charge on any atom is -0.390 e. The molecule has 0 amide bonds. The Balaban J connectivity index is 2.30. The van der Waals surface area contributed by atoms with Gasteiger partial charge in [0.2, 0.25) is 0 Å². The zero-order chi connectivity index (χ0) is 18.4. The maximum atomic E-state index is 13.3. The quantitative estimate of drug-likeness (QED) is 0.590. The average molecular weight is 456 g/mol. The highest BCUT2D eigenvalue weighted by Crippen LogP contribution is 2.30. The van der Waals surface area contributed by atoms with Gasteiger partial charge in [-0.1, -0.05) is 13.8 Å². The summed E-state index contributed by atoms with van der Waals surface area (Å²) in [5.41, 5.74) is 3.04. The molecule has 0 heterocycles. The van der Waals surface area contributed by atoms with E-state index in [9.17, 15) is 9.50 Å². The fraction of sp³-hybridized carbons (Fsp3) is 0.400. The second-order valence-electron chi connectivity index (χ2n) is 6.16. The first-order valence-electron chi connectivity index (χ1n) is 8.64. The number of likely N-dealkylation sites (N-methyl/N-ethyl adjacent to an activating group) is 1. The van der Waals surface area contributed by atoms with Crippen LogP contribution in [-0.2, 0) is 0 Å². The molecule has 0 fully saturated rings. The van der Waals surface area contributed by atoms with Crippen LogP contribution in [0.4, 0.5) is 15.8 Å². The molecule has 136 valence electrons. The van der Waals surface area contributed by atoms with Crippen LogP contribution in [0.2, 0.25) is 0 Å². The van der Waals surface area contributed by atoms with Crippen molar-refractivity contribution < 1.29 is 9.50 Å². The third-order valence-corrected chi connectivity index (χ3v) is 5.02. The van der Waals surface area contributed by atoms with Gasteiger partial charge in [-0.3, -0.25) is 0 Å². The summed E-state index contributed by atoms with van der Waals surface area (Å²) in [4.78, 5) is 4.27. The van der Waals surface area contributed by atoms with Crippen molar-refractivity contribution in [1.82, 2.24) is 4.90 Å². The topological polar surface area (TPSA) is 26.7 Å². The number of aryl methyl sites for hydroxylation is 1. The summed E-state index contributed by atoms with van der Waals surface area (Å²) in [6.45, 7) is 9.15. The number of benzene rings is 2. The number of rotatable bonds is 8. The number of halogens is 2. The second-order valence-corrected chi connectivity index (χ2v) is 7.40. The molecule has 25 heavy (non-hydrogen) atoms. The lowest BCUT2D eigenvalue weighted by atomic mass is 10.1. The maximum Gasteiger partial charge on any atom is 0.123 e. The van der Waals surface area contributed by atoms with E-state index in [2.05, 4.69) is 71.4 Å². The summed E-state index contributed by atoms with van der Waals surface area (Å²) >= 11 is 2.29. The molecule has 2 rings (SSSR count). The van der Waals surface area contributed by atoms with Gasteiger partial charge in [0.05, 0.1) is 12.6 Å². The highest BCUT2D eigenvalue weighted by Gasteiger charge is 2.18. The number of nitrogens with zero attached hydrogens (tertiary/aromatic N) is 2. The van der Waals surface area contributed by atoms with Gasteiger partial charge in [0, 0.05) is 21.5 Å². The lowest BCUT2D eigenvalue weighted by Crippen LogP contribution is -2.39. The first kappa shape index (κ1) is 20.1. The van der Waals surface area contributed by atoms with Crippen LogP contribution >= 0.6 is 22.6 Å². The summed E-state index contributed by atoms with van der Waals surface area (Å²) in [5.74, 6) is -0.258. The van der Waals surface area contributed by atoms with E-state index in [-0.39, 0.29) is 5.82 Å². The minimum absolute atomic E-state index is 0.258. The normalized spacial score (nSPS) is 12.4. The Kier molecular flexibility index (Phi) is 7.65. The van der Waals surface area contributed by atoms with Gasteiger partial charge in [-0.05, 0) is 90.6 Å². The molecule has 3 nitrogen and oxygen atoms in total. The highest BCUT2D eigenvalue weighted by atomic mass is 127. The van der Waals surface area contributed by atoms with Gasteiger partial charge in [0.25, 0.3) is 0 Å². The van der Waals surface area contributed by atoms with E-state index in [4.69, 9.17) is 0 Å². The van der Waals surface area contributed by atoms with E-state index < -0.39 is 6.10 Å². The summed E-state index contributed by atoms with van der Waals surface area (Å²) in [6, 6.07) is 12.7. The zero-order valence-electron chi connectivity index (χ0n) is 15.0. The average Bonchev–Trinajstić information content (AvgIpc) is 2.59. The van der Waals surface area contributed by atoms with E-state index in [1.165, 1.54) is 15.7 Å². The monoisotopic (exact) mass is 456 g/mol. The van der Waals surface area contributed by atoms with Crippen LogP contribution in [0.15, 0.2) is 42.5 Å². The van der Waals surface area contributed by atoms with Crippen molar-refractivity contribution in [2.45, 2.75) is 26.9 Å². The number of hydrogen-bond acceptors (Lipinski definition) is 3. The fourth-order valence-electron chi connectivity index (χ4n) is 2.93. The van der Waals surface area contributed by atoms with E-state index in [1.807, 2.05) is 0 Å². The molecule has 2 aromatic rings. The van der Waals surface area contributed by atoms with Crippen LogP contribution in [0.3, 0.4) is 0 Å². The maximum absolute atomic E-state index is 13.3. The van der Waals surface area contributed by atoms with E-state index in [0.29, 0.717) is 13.1 Å². The van der Waals surface area contributed by atoms with Gasteiger partial charge in [-0.2, -0.15) is 0 Å². The van der Waals surface area contributed by atoms with Crippen molar-refractivity contribution in [2.75, 3.05) is 31.1 Å². The van der Waals surface area contributed by atoms with E-state index in [1.54, 1.807) is 12.1 Å². The Morgan fingerprint density at radius 2 is 1.68 bits per heavy atom. The van der Waals surface area contributed by atoms with Crippen molar-refractivity contribution in [2.24, 2.45) is 0 Å². The minimum atomic E-state index is -0.497. The van der Waals surface area contributed by atoms with Crippen molar-refractivity contribution in [3.63, 3.8) is 0 Å². The fourth-order valence-corrected chi connectivity index (χ4v) is 3.58. The molecule has 5 heteroatoms. The number of aliphatic hydroxyl groups is 1. The van der Waals surface area contributed by atoms with Gasteiger partial charge in [-0.15, -0.1) is 0 Å². The SMILES string of the molecule is CCN(CC)CC(O)CN(c1ccc(F)cc1)c1ccc(I)cc1C. The molecule has 1 N–H and O–H groups in total. The van der Waals surface area contributed by atoms with Crippen molar-refractivity contribution in [1.29, 1.82) is 0 Å². The van der Waals surface area contributed by atoms with Crippen molar-refractivity contribution in [3.8, 4) is 0 Å². The first-order chi connectivity index (χ1) is 11.9. The summed E-state index contributed by atoms with van der Waals surface area (Å²) < 4.78 is 14.5. The predicted molar refractivity (Wildman–Crippen MR) is 111 cm³/mol. The molecule has 0 aliphatic carbocycles. The number of aliphatic hydroxyl groups excluding tert-OH is 1. The molecule has 0 radical (unpaired) electrons. The zero-order valence-corrected chi connectivity index (χ0v) is 17.2. The first-order valence-corrected chi connectivity index (χ1v) is 9.72. The molecule has 1 unspecified atom stereocenters. The van der Waals surface area contributed by atoms with E-state index >= 15 is 0 Å². The van der Waals surface area contributed by atoms with Crippen LogP contribution in [0.25, 0.3) is 0 Å². The third-order valence-electron chi connectivity index (χ3n) is 4.34. The summed E-state index contributed by atoms with van der Waals surface area (Å²) in [7, 11) is 0. The summed E-state index contributed by atoms with van der Waals surface area (Å²) in [5, 5.41) is 10.6. The van der Waals surface area contributed by atoms with Crippen molar-refractivity contribution in [3.05, 3.63) is 57.4 Å². The molecule has 0 spiro atoms. The molecule has 0 aromatic heterocycles. The Hall–Kier alpha value is -1.18. The second kappa shape index (κ2) is 9.50. The highest BCUT2D eigenvalue weighted by molar-refractivity contribution is 14.1. The van der Waals surface area contributed by atoms with Crippen molar-refractivity contribution >= 4 is 34.0 Å². The van der Waals surface area contributed by atoms with Gasteiger partial charge in [0.1, 0.15) is 5.82 Å². The Morgan fingerprint density at radius 1 is 1.04 bits per heavy atom. The van der Waals surface area contributed by atoms with Crippen LogP contribution in [0.5, 0.6) is 0 Å².